The molecular weight excluding hydrogens is 327 g/mol. The van der Waals surface area contributed by atoms with Crippen LogP contribution in [-0.2, 0) is 10.2 Å². The quantitative estimate of drug-likeness (QED) is 0.900. The van der Waals surface area contributed by atoms with Gasteiger partial charge in [0.15, 0.2) is 0 Å². The van der Waals surface area contributed by atoms with Crippen LogP contribution in [0.2, 0.25) is 0 Å². The number of hydrogen-bond acceptors (Lipinski definition) is 2. The van der Waals surface area contributed by atoms with E-state index in [1.807, 2.05) is 11.0 Å². The highest BCUT2D eigenvalue weighted by atomic mass is 35.5. The van der Waals surface area contributed by atoms with Crippen molar-refractivity contribution in [3.8, 4) is 0 Å². The van der Waals surface area contributed by atoms with E-state index in [2.05, 4.69) is 6.92 Å². The molecular formula is C19H28ClFN2O. The summed E-state index contributed by atoms with van der Waals surface area (Å²) in [6, 6.07) is 6.89. The molecule has 2 atom stereocenters. The summed E-state index contributed by atoms with van der Waals surface area (Å²) in [5, 5.41) is 0. The molecule has 2 N–H and O–H groups in total. The highest BCUT2D eigenvalue weighted by molar-refractivity contribution is 5.89. The Kier molecular flexibility index (Phi) is 6.27. The summed E-state index contributed by atoms with van der Waals surface area (Å²) in [7, 11) is 0. The largest absolute Gasteiger partial charge is 0.339 e. The predicted octanol–water partition coefficient (Wildman–Crippen LogP) is 3.65. The van der Waals surface area contributed by atoms with E-state index in [9.17, 15) is 9.18 Å². The van der Waals surface area contributed by atoms with Gasteiger partial charge in [-0.15, -0.1) is 12.4 Å². The van der Waals surface area contributed by atoms with Gasteiger partial charge in [0.1, 0.15) is 5.82 Å². The SMILES string of the molecule is CC1CC(CN)CN1C(=O)C1(c2cccc(F)c2)CCCCC1.Cl. The second kappa shape index (κ2) is 7.83. The molecule has 1 aromatic rings. The average molecular weight is 355 g/mol. The zero-order chi connectivity index (χ0) is 16.4. The maximum absolute atomic E-state index is 13.8. The van der Waals surface area contributed by atoms with Crippen LogP contribution < -0.4 is 5.73 Å². The van der Waals surface area contributed by atoms with Crippen molar-refractivity contribution >= 4 is 18.3 Å². The molecule has 1 saturated carbocycles. The summed E-state index contributed by atoms with van der Waals surface area (Å²) in [5.74, 6) is 0.322. The van der Waals surface area contributed by atoms with Gasteiger partial charge in [-0.05, 0) is 56.3 Å². The molecule has 134 valence electrons. The molecule has 3 rings (SSSR count). The molecule has 5 heteroatoms. The summed E-state index contributed by atoms with van der Waals surface area (Å²) < 4.78 is 13.8. The zero-order valence-electron chi connectivity index (χ0n) is 14.3. The Balaban J connectivity index is 0.00000208. The van der Waals surface area contributed by atoms with Crippen LogP contribution >= 0.6 is 12.4 Å². The zero-order valence-corrected chi connectivity index (χ0v) is 15.2. The minimum absolute atomic E-state index is 0. The van der Waals surface area contributed by atoms with Crippen molar-refractivity contribution in [2.75, 3.05) is 13.1 Å². The van der Waals surface area contributed by atoms with Gasteiger partial charge >= 0.3 is 0 Å². The van der Waals surface area contributed by atoms with E-state index < -0.39 is 5.41 Å². The summed E-state index contributed by atoms with van der Waals surface area (Å²) in [4.78, 5) is 15.5. The summed E-state index contributed by atoms with van der Waals surface area (Å²) in [6.07, 6.45) is 5.85. The lowest BCUT2D eigenvalue weighted by Crippen LogP contribution is -2.49. The molecule has 0 aromatic heterocycles. The topological polar surface area (TPSA) is 46.3 Å². The lowest BCUT2D eigenvalue weighted by atomic mass is 9.68. The lowest BCUT2D eigenvalue weighted by Gasteiger charge is -2.40. The fourth-order valence-corrected chi connectivity index (χ4v) is 4.44. The van der Waals surface area contributed by atoms with Crippen molar-refractivity contribution in [1.29, 1.82) is 0 Å². The van der Waals surface area contributed by atoms with Gasteiger partial charge in [0.05, 0.1) is 5.41 Å². The maximum atomic E-state index is 13.8. The summed E-state index contributed by atoms with van der Waals surface area (Å²) in [6.45, 7) is 3.48. The minimum Gasteiger partial charge on any atom is -0.339 e. The molecule has 3 nitrogen and oxygen atoms in total. The van der Waals surface area contributed by atoms with Crippen LogP contribution in [0.3, 0.4) is 0 Å². The minimum atomic E-state index is -0.544. The number of rotatable bonds is 3. The standard InChI is InChI=1S/C19H27FN2O.ClH/c1-14-10-15(12-21)13-22(14)18(23)19(8-3-2-4-9-19)16-6-5-7-17(20)11-16;/h5-7,11,14-15H,2-4,8-10,12-13,21H2,1H3;1H. The van der Waals surface area contributed by atoms with Crippen LogP contribution in [0.1, 0.15) is 51.0 Å². The second-order valence-corrected chi connectivity index (χ2v) is 7.30. The van der Waals surface area contributed by atoms with Crippen molar-refractivity contribution in [2.24, 2.45) is 11.7 Å². The van der Waals surface area contributed by atoms with E-state index in [-0.39, 0.29) is 30.2 Å². The molecule has 1 amide bonds. The van der Waals surface area contributed by atoms with E-state index in [1.54, 1.807) is 12.1 Å². The number of likely N-dealkylation sites (tertiary alicyclic amines) is 1. The molecule has 2 aliphatic rings. The van der Waals surface area contributed by atoms with Gasteiger partial charge in [0.25, 0.3) is 0 Å². The van der Waals surface area contributed by atoms with Gasteiger partial charge in [-0.25, -0.2) is 4.39 Å². The van der Waals surface area contributed by atoms with E-state index in [0.717, 1.165) is 50.6 Å². The van der Waals surface area contributed by atoms with Crippen LogP contribution in [0.4, 0.5) is 4.39 Å². The third kappa shape index (κ3) is 3.45. The number of nitrogens with zero attached hydrogens (tertiary/aromatic N) is 1. The molecule has 1 heterocycles. The molecule has 0 radical (unpaired) electrons. The number of hydrogen-bond donors (Lipinski definition) is 1. The number of halogens is 2. The first-order valence-electron chi connectivity index (χ1n) is 8.84. The van der Waals surface area contributed by atoms with Crippen LogP contribution in [0.25, 0.3) is 0 Å². The first-order valence-corrected chi connectivity index (χ1v) is 8.84. The molecule has 1 aliphatic carbocycles. The van der Waals surface area contributed by atoms with E-state index in [0.29, 0.717) is 12.5 Å². The Bertz CT molecular complexity index is 574. The number of nitrogens with two attached hydrogens (primary N) is 1. The van der Waals surface area contributed by atoms with Crippen molar-refractivity contribution in [3.63, 3.8) is 0 Å². The highest BCUT2D eigenvalue weighted by Gasteiger charge is 2.46. The Morgan fingerprint density at radius 3 is 2.62 bits per heavy atom. The molecule has 2 unspecified atom stereocenters. The molecule has 0 spiro atoms. The Morgan fingerprint density at radius 1 is 1.33 bits per heavy atom. The van der Waals surface area contributed by atoms with Gasteiger partial charge in [0.2, 0.25) is 5.91 Å². The van der Waals surface area contributed by atoms with Crippen molar-refractivity contribution in [1.82, 2.24) is 4.90 Å². The number of benzene rings is 1. The van der Waals surface area contributed by atoms with Crippen molar-refractivity contribution < 1.29 is 9.18 Å². The predicted molar refractivity (Wildman–Crippen MR) is 96.7 cm³/mol. The maximum Gasteiger partial charge on any atom is 0.233 e. The van der Waals surface area contributed by atoms with Gasteiger partial charge in [-0.1, -0.05) is 31.4 Å². The van der Waals surface area contributed by atoms with Crippen LogP contribution in [0.5, 0.6) is 0 Å². The third-order valence-corrected chi connectivity index (χ3v) is 5.75. The van der Waals surface area contributed by atoms with Crippen LogP contribution in [0, 0.1) is 11.7 Å². The molecule has 1 saturated heterocycles. The Labute approximate surface area is 150 Å². The third-order valence-electron chi connectivity index (χ3n) is 5.75. The normalized spacial score (nSPS) is 26.0. The summed E-state index contributed by atoms with van der Waals surface area (Å²) >= 11 is 0. The molecule has 1 aromatic carbocycles. The monoisotopic (exact) mass is 354 g/mol. The van der Waals surface area contributed by atoms with Crippen molar-refractivity contribution in [2.45, 2.75) is 56.9 Å². The van der Waals surface area contributed by atoms with Crippen LogP contribution in [0.15, 0.2) is 24.3 Å². The fourth-order valence-electron chi connectivity index (χ4n) is 4.44. The van der Waals surface area contributed by atoms with Crippen molar-refractivity contribution in [3.05, 3.63) is 35.6 Å². The van der Waals surface area contributed by atoms with E-state index in [1.165, 1.54) is 6.07 Å². The number of carbonyl (C=O) groups excluding carboxylic acids is 1. The van der Waals surface area contributed by atoms with Crippen LogP contribution in [-0.4, -0.2) is 29.9 Å². The smallest absolute Gasteiger partial charge is 0.233 e. The Hall–Kier alpha value is -1.13. The van der Waals surface area contributed by atoms with Gasteiger partial charge in [0, 0.05) is 12.6 Å². The highest BCUT2D eigenvalue weighted by Crippen LogP contribution is 2.42. The molecule has 0 bridgehead atoms. The number of amides is 1. The first-order chi connectivity index (χ1) is 11.1. The molecule has 2 fully saturated rings. The van der Waals surface area contributed by atoms with Gasteiger partial charge in [-0.3, -0.25) is 4.79 Å². The lowest BCUT2D eigenvalue weighted by molar-refractivity contribution is -0.139. The number of carbonyl (C=O) groups is 1. The average Bonchev–Trinajstić information content (AvgIpc) is 2.95. The van der Waals surface area contributed by atoms with Gasteiger partial charge < -0.3 is 10.6 Å². The Morgan fingerprint density at radius 2 is 2.04 bits per heavy atom. The summed E-state index contributed by atoms with van der Waals surface area (Å²) in [5.41, 5.74) is 6.12. The molecule has 24 heavy (non-hydrogen) atoms. The van der Waals surface area contributed by atoms with Gasteiger partial charge in [-0.2, -0.15) is 0 Å². The van der Waals surface area contributed by atoms with E-state index >= 15 is 0 Å². The second-order valence-electron chi connectivity index (χ2n) is 7.30. The molecule has 1 aliphatic heterocycles. The van der Waals surface area contributed by atoms with E-state index in [4.69, 9.17) is 5.73 Å². The first kappa shape index (κ1) is 19.2. The fraction of sp³-hybridized carbons (Fsp3) is 0.632.